The van der Waals surface area contributed by atoms with Crippen molar-refractivity contribution in [1.29, 1.82) is 0 Å². The maximum absolute atomic E-state index is 11.9. The summed E-state index contributed by atoms with van der Waals surface area (Å²) in [6.07, 6.45) is 3.03. The molecule has 2 aromatic heterocycles. The summed E-state index contributed by atoms with van der Waals surface area (Å²) < 4.78 is 10.9. The Kier molecular flexibility index (Phi) is 6.15. The monoisotopic (exact) mass is 349 g/mol. The number of ether oxygens (including phenoxy) is 1. The van der Waals surface area contributed by atoms with Gasteiger partial charge < -0.3 is 19.8 Å². The molecule has 0 aliphatic rings. The molecule has 0 spiro atoms. The molecular formula is C15H19N5O5. The molecule has 0 aliphatic carbocycles. The summed E-state index contributed by atoms with van der Waals surface area (Å²) in [5.74, 6) is 0.0365. The molecule has 0 bridgehead atoms. The summed E-state index contributed by atoms with van der Waals surface area (Å²) in [6, 6.07) is 3.62. The Morgan fingerprint density at radius 3 is 2.84 bits per heavy atom. The predicted molar refractivity (Wildman–Crippen MR) is 86.4 cm³/mol. The fraction of sp³-hybridized carbons (Fsp3) is 0.333. The number of furan rings is 1. The summed E-state index contributed by atoms with van der Waals surface area (Å²) in [6.45, 7) is 1.72. The summed E-state index contributed by atoms with van der Waals surface area (Å²) in [5, 5.41) is 11.6. The van der Waals surface area contributed by atoms with E-state index >= 15 is 0 Å². The van der Waals surface area contributed by atoms with E-state index in [1.165, 1.54) is 30.3 Å². The predicted octanol–water partition coefficient (Wildman–Crippen LogP) is 0.475. The van der Waals surface area contributed by atoms with Gasteiger partial charge in [0.2, 0.25) is 5.91 Å². The molecule has 3 amide bonds. The Hall–Kier alpha value is -3.30. The second kappa shape index (κ2) is 8.52. The van der Waals surface area contributed by atoms with E-state index in [2.05, 4.69) is 25.8 Å². The maximum atomic E-state index is 11.9. The lowest BCUT2D eigenvalue weighted by Gasteiger charge is -2.13. The van der Waals surface area contributed by atoms with Crippen LogP contribution in [0.5, 0.6) is 0 Å². The van der Waals surface area contributed by atoms with Gasteiger partial charge in [0, 0.05) is 12.3 Å². The Morgan fingerprint density at radius 1 is 1.36 bits per heavy atom. The molecule has 0 radical (unpaired) electrons. The second-order valence-electron chi connectivity index (χ2n) is 5.09. The van der Waals surface area contributed by atoms with E-state index in [9.17, 15) is 14.4 Å². The first-order valence-electron chi connectivity index (χ1n) is 7.46. The number of nitrogens with zero attached hydrogens (tertiary/aromatic N) is 2. The topological polar surface area (TPSA) is 127 Å². The van der Waals surface area contributed by atoms with Crippen LogP contribution >= 0.6 is 0 Å². The van der Waals surface area contributed by atoms with E-state index in [0.29, 0.717) is 5.76 Å². The zero-order chi connectivity index (χ0) is 18.2. The van der Waals surface area contributed by atoms with Gasteiger partial charge in [0.15, 0.2) is 5.82 Å². The highest BCUT2D eigenvalue weighted by atomic mass is 16.5. The van der Waals surface area contributed by atoms with Crippen LogP contribution in [0, 0.1) is 0 Å². The Labute approximate surface area is 143 Å². The van der Waals surface area contributed by atoms with Gasteiger partial charge in [0.1, 0.15) is 18.3 Å². The van der Waals surface area contributed by atoms with Crippen molar-refractivity contribution in [1.82, 2.24) is 20.4 Å². The fourth-order valence-corrected chi connectivity index (χ4v) is 1.87. The largest absolute Gasteiger partial charge is 0.468 e. The van der Waals surface area contributed by atoms with Gasteiger partial charge in [-0.3, -0.25) is 19.6 Å². The maximum Gasteiger partial charge on any atom is 0.327 e. The number of aromatic nitrogens is 2. The van der Waals surface area contributed by atoms with Crippen LogP contribution in [0.1, 0.15) is 12.7 Å². The van der Waals surface area contributed by atoms with Crippen LogP contribution in [-0.2, 0) is 27.4 Å². The van der Waals surface area contributed by atoms with Gasteiger partial charge in [-0.05, 0) is 19.1 Å². The Morgan fingerprint density at radius 2 is 2.16 bits per heavy atom. The lowest BCUT2D eigenvalue weighted by Crippen LogP contribution is -2.46. The fourth-order valence-electron chi connectivity index (χ4n) is 1.87. The van der Waals surface area contributed by atoms with Crippen LogP contribution in [0.2, 0.25) is 0 Å². The van der Waals surface area contributed by atoms with Gasteiger partial charge in [-0.1, -0.05) is 0 Å². The Balaban J connectivity index is 1.76. The molecule has 0 aromatic carbocycles. The SMILES string of the molecule is COC(=O)Cn1ccc(NC(=O)N[C@@H](C)C(=O)NCc2ccco2)n1. The molecule has 2 heterocycles. The van der Waals surface area contributed by atoms with Crippen molar-refractivity contribution in [3.8, 4) is 0 Å². The first-order chi connectivity index (χ1) is 12.0. The van der Waals surface area contributed by atoms with E-state index in [1.807, 2.05) is 0 Å². The molecule has 0 fully saturated rings. The van der Waals surface area contributed by atoms with Crippen molar-refractivity contribution in [3.05, 3.63) is 36.4 Å². The van der Waals surface area contributed by atoms with Crippen molar-refractivity contribution in [2.24, 2.45) is 0 Å². The number of rotatable bonds is 7. The number of urea groups is 1. The number of anilines is 1. The first-order valence-corrected chi connectivity index (χ1v) is 7.46. The molecule has 25 heavy (non-hydrogen) atoms. The molecule has 10 nitrogen and oxygen atoms in total. The van der Waals surface area contributed by atoms with Crippen LogP contribution in [0.15, 0.2) is 35.1 Å². The molecule has 0 unspecified atom stereocenters. The number of hydrogen-bond acceptors (Lipinski definition) is 6. The van der Waals surface area contributed by atoms with Crippen molar-refractivity contribution < 1.29 is 23.5 Å². The van der Waals surface area contributed by atoms with Crippen LogP contribution < -0.4 is 16.0 Å². The average molecular weight is 349 g/mol. The summed E-state index contributed by atoms with van der Waals surface area (Å²) >= 11 is 0. The number of carbonyl (C=O) groups is 3. The van der Waals surface area contributed by atoms with Crippen molar-refractivity contribution in [2.45, 2.75) is 26.1 Å². The number of amides is 3. The van der Waals surface area contributed by atoms with Gasteiger partial charge in [0.05, 0.1) is 19.9 Å². The number of carbonyl (C=O) groups excluding carboxylic acids is 3. The molecular weight excluding hydrogens is 330 g/mol. The van der Waals surface area contributed by atoms with Gasteiger partial charge in [-0.2, -0.15) is 5.10 Å². The third-order valence-corrected chi connectivity index (χ3v) is 3.16. The van der Waals surface area contributed by atoms with Crippen LogP contribution in [0.25, 0.3) is 0 Å². The molecule has 3 N–H and O–H groups in total. The van der Waals surface area contributed by atoms with E-state index in [-0.39, 0.29) is 24.8 Å². The molecule has 0 aliphatic heterocycles. The van der Waals surface area contributed by atoms with Crippen LogP contribution in [0.4, 0.5) is 10.6 Å². The third-order valence-electron chi connectivity index (χ3n) is 3.16. The molecule has 10 heteroatoms. The lowest BCUT2D eigenvalue weighted by atomic mass is 10.3. The molecule has 1 atom stereocenters. The number of methoxy groups -OCH3 is 1. The summed E-state index contributed by atoms with van der Waals surface area (Å²) in [7, 11) is 1.27. The highest BCUT2D eigenvalue weighted by molar-refractivity contribution is 5.92. The second-order valence-corrected chi connectivity index (χ2v) is 5.09. The zero-order valence-corrected chi connectivity index (χ0v) is 13.8. The molecule has 134 valence electrons. The van der Waals surface area contributed by atoms with Gasteiger partial charge in [-0.15, -0.1) is 0 Å². The van der Waals surface area contributed by atoms with Crippen LogP contribution in [-0.4, -0.2) is 40.8 Å². The van der Waals surface area contributed by atoms with Crippen molar-refractivity contribution in [2.75, 3.05) is 12.4 Å². The summed E-state index contributed by atoms with van der Waals surface area (Å²) in [4.78, 5) is 35.0. The van der Waals surface area contributed by atoms with Crippen molar-refractivity contribution in [3.63, 3.8) is 0 Å². The molecule has 2 rings (SSSR count). The van der Waals surface area contributed by atoms with E-state index in [4.69, 9.17) is 4.42 Å². The van der Waals surface area contributed by atoms with E-state index in [1.54, 1.807) is 19.1 Å². The van der Waals surface area contributed by atoms with Gasteiger partial charge in [0.25, 0.3) is 0 Å². The highest BCUT2D eigenvalue weighted by Gasteiger charge is 2.16. The van der Waals surface area contributed by atoms with E-state index in [0.717, 1.165) is 0 Å². The normalized spacial score (nSPS) is 11.4. The summed E-state index contributed by atoms with van der Waals surface area (Å²) in [5.41, 5.74) is 0. The van der Waals surface area contributed by atoms with Gasteiger partial charge >= 0.3 is 12.0 Å². The van der Waals surface area contributed by atoms with Crippen LogP contribution in [0.3, 0.4) is 0 Å². The first kappa shape index (κ1) is 18.0. The smallest absolute Gasteiger partial charge is 0.327 e. The third kappa shape index (κ3) is 5.68. The number of esters is 1. The zero-order valence-electron chi connectivity index (χ0n) is 13.8. The average Bonchev–Trinajstić information content (AvgIpc) is 3.24. The number of hydrogen-bond donors (Lipinski definition) is 3. The quantitative estimate of drug-likeness (QED) is 0.624. The molecule has 2 aromatic rings. The van der Waals surface area contributed by atoms with Crippen molar-refractivity contribution >= 4 is 23.7 Å². The Bertz CT molecular complexity index is 725. The minimum Gasteiger partial charge on any atom is -0.468 e. The lowest BCUT2D eigenvalue weighted by molar-refractivity contribution is -0.141. The van der Waals surface area contributed by atoms with Gasteiger partial charge in [-0.25, -0.2) is 4.79 Å². The molecule has 0 saturated heterocycles. The minimum atomic E-state index is -0.757. The number of nitrogens with one attached hydrogen (secondary N) is 3. The molecule has 0 saturated carbocycles. The van der Waals surface area contributed by atoms with E-state index < -0.39 is 18.0 Å². The highest BCUT2D eigenvalue weighted by Crippen LogP contribution is 2.03. The standard InChI is InChI=1S/C15H19N5O5/c1-10(14(22)16-8-11-4-3-7-25-11)17-15(23)18-12-5-6-20(19-12)9-13(21)24-2/h3-7,10H,8-9H2,1-2H3,(H,16,22)(H2,17,18,19,23)/t10-/m0/s1. The minimum absolute atomic E-state index is 0.0641.